The Hall–Kier alpha value is -1.02. The van der Waals surface area contributed by atoms with Crippen molar-refractivity contribution in [3.63, 3.8) is 0 Å². The molecule has 1 fully saturated rings. The van der Waals surface area contributed by atoms with Crippen LogP contribution in [0.2, 0.25) is 0 Å². The zero-order valence-electron chi connectivity index (χ0n) is 9.49. The SMILES string of the molecule is CCOc1cccc(C2CCNC2C)c1. The molecule has 1 aliphatic rings. The molecule has 1 aromatic rings. The van der Waals surface area contributed by atoms with E-state index in [4.69, 9.17) is 4.74 Å². The normalized spacial score (nSPS) is 25.5. The van der Waals surface area contributed by atoms with Crippen LogP contribution < -0.4 is 10.1 Å². The lowest BCUT2D eigenvalue weighted by Gasteiger charge is -2.16. The summed E-state index contributed by atoms with van der Waals surface area (Å²) < 4.78 is 5.52. The third-order valence-corrected chi connectivity index (χ3v) is 3.12. The highest BCUT2D eigenvalue weighted by atomic mass is 16.5. The molecule has 0 spiro atoms. The summed E-state index contributed by atoms with van der Waals surface area (Å²) in [5, 5.41) is 3.48. The molecular weight excluding hydrogens is 186 g/mol. The number of hydrogen-bond acceptors (Lipinski definition) is 2. The summed E-state index contributed by atoms with van der Waals surface area (Å²) in [4.78, 5) is 0. The van der Waals surface area contributed by atoms with Gasteiger partial charge in [0.1, 0.15) is 5.75 Å². The minimum absolute atomic E-state index is 0.585. The summed E-state index contributed by atoms with van der Waals surface area (Å²) in [5.41, 5.74) is 1.40. The second kappa shape index (κ2) is 4.67. The number of nitrogens with one attached hydrogen (secondary N) is 1. The van der Waals surface area contributed by atoms with Gasteiger partial charge in [-0.15, -0.1) is 0 Å². The Labute approximate surface area is 91.6 Å². The van der Waals surface area contributed by atoms with Crippen LogP contribution in [-0.4, -0.2) is 19.2 Å². The molecule has 0 aromatic heterocycles. The summed E-state index contributed by atoms with van der Waals surface area (Å²) in [6, 6.07) is 9.08. The average Bonchev–Trinajstić information content (AvgIpc) is 2.65. The van der Waals surface area contributed by atoms with Crippen molar-refractivity contribution >= 4 is 0 Å². The molecule has 2 atom stereocenters. The van der Waals surface area contributed by atoms with Crippen LogP contribution in [0.3, 0.4) is 0 Å². The minimum atomic E-state index is 0.585. The van der Waals surface area contributed by atoms with E-state index >= 15 is 0 Å². The number of ether oxygens (including phenoxy) is 1. The smallest absolute Gasteiger partial charge is 0.119 e. The summed E-state index contributed by atoms with van der Waals surface area (Å²) >= 11 is 0. The molecule has 2 unspecified atom stereocenters. The van der Waals surface area contributed by atoms with Gasteiger partial charge >= 0.3 is 0 Å². The largest absolute Gasteiger partial charge is 0.494 e. The van der Waals surface area contributed by atoms with Gasteiger partial charge in [0.25, 0.3) is 0 Å². The zero-order chi connectivity index (χ0) is 10.7. The highest BCUT2D eigenvalue weighted by molar-refractivity contribution is 5.32. The van der Waals surface area contributed by atoms with Crippen LogP contribution in [0.15, 0.2) is 24.3 Å². The van der Waals surface area contributed by atoms with Gasteiger partial charge in [0, 0.05) is 12.0 Å². The van der Waals surface area contributed by atoms with Crippen molar-refractivity contribution in [2.45, 2.75) is 32.2 Å². The van der Waals surface area contributed by atoms with Gasteiger partial charge in [0.15, 0.2) is 0 Å². The molecule has 0 amide bonds. The van der Waals surface area contributed by atoms with Crippen molar-refractivity contribution in [3.05, 3.63) is 29.8 Å². The molecule has 0 saturated carbocycles. The van der Waals surface area contributed by atoms with Crippen LogP contribution in [0.25, 0.3) is 0 Å². The van der Waals surface area contributed by atoms with Gasteiger partial charge in [-0.1, -0.05) is 12.1 Å². The van der Waals surface area contributed by atoms with Crippen molar-refractivity contribution in [1.82, 2.24) is 5.32 Å². The lowest BCUT2D eigenvalue weighted by molar-refractivity contribution is 0.339. The van der Waals surface area contributed by atoms with Gasteiger partial charge in [-0.3, -0.25) is 0 Å². The Morgan fingerprint density at radius 3 is 3.00 bits per heavy atom. The third kappa shape index (κ3) is 2.32. The van der Waals surface area contributed by atoms with Crippen LogP contribution >= 0.6 is 0 Å². The molecule has 15 heavy (non-hydrogen) atoms. The molecule has 82 valence electrons. The first-order valence-corrected chi connectivity index (χ1v) is 5.77. The fourth-order valence-electron chi connectivity index (χ4n) is 2.32. The first kappa shape index (κ1) is 10.5. The second-order valence-electron chi connectivity index (χ2n) is 4.14. The van der Waals surface area contributed by atoms with Gasteiger partial charge in [0.05, 0.1) is 6.61 Å². The number of benzene rings is 1. The van der Waals surface area contributed by atoms with Crippen molar-refractivity contribution in [1.29, 1.82) is 0 Å². The molecule has 1 heterocycles. The van der Waals surface area contributed by atoms with Crippen LogP contribution in [-0.2, 0) is 0 Å². The predicted molar refractivity (Wildman–Crippen MR) is 62.4 cm³/mol. The molecule has 2 heteroatoms. The second-order valence-corrected chi connectivity index (χ2v) is 4.14. The van der Waals surface area contributed by atoms with Crippen LogP contribution in [0.4, 0.5) is 0 Å². The third-order valence-electron chi connectivity index (χ3n) is 3.12. The summed E-state index contributed by atoms with van der Waals surface area (Å²) in [6.45, 7) is 6.14. The maximum atomic E-state index is 5.52. The fourth-order valence-corrected chi connectivity index (χ4v) is 2.32. The van der Waals surface area contributed by atoms with Gasteiger partial charge in [0.2, 0.25) is 0 Å². The molecule has 1 N–H and O–H groups in total. The number of hydrogen-bond donors (Lipinski definition) is 1. The quantitative estimate of drug-likeness (QED) is 0.818. The van der Waals surface area contributed by atoms with E-state index in [9.17, 15) is 0 Å². The topological polar surface area (TPSA) is 21.3 Å². The fraction of sp³-hybridized carbons (Fsp3) is 0.538. The molecular formula is C13H19NO. The highest BCUT2D eigenvalue weighted by Crippen LogP contribution is 2.29. The lowest BCUT2D eigenvalue weighted by Crippen LogP contribution is -2.21. The van der Waals surface area contributed by atoms with E-state index in [1.165, 1.54) is 12.0 Å². The molecule has 0 bridgehead atoms. The van der Waals surface area contributed by atoms with Crippen LogP contribution in [0.5, 0.6) is 5.75 Å². The standard InChI is InChI=1S/C13H19NO/c1-3-15-12-6-4-5-11(9-12)13-7-8-14-10(13)2/h4-6,9-10,13-14H,3,7-8H2,1-2H3. The molecule has 2 nitrogen and oxygen atoms in total. The maximum Gasteiger partial charge on any atom is 0.119 e. The van der Waals surface area contributed by atoms with Gasteiger partial charge in [-0.2, -0.15) is 0 Å². The van der Waals surface area contributed by atoms with Gasteiger partial charge in [-0.25, -0.2) is 0 Å². The molecule has 1 aliphatic heterocycles. The Bertz CT molecular complexity index is 324. The minimum Gasteiger partial charge on any atom is -0.494 e. The maximum absolute atomic E-state index is 5.52. The van der Waals surface area contributed by atoms with Crippen LogP contribution in [0, 0.1) is 0 Å². The monoisotopic (exact) mass is 205 g/mol. The average molecular weight is 205 g/mol. The van der Waals surface area contributed by atoms with E-state index in [-0.39, 0.29) is 0 Å². The lowest BCUT2D eigenvalue weighted by atomic mass is 9.93. The van der Waals surface area contributed by atoms with E-state index in [1.54, 1.807) is 0 Å². The molecule has 0 radical (unpaired) electrons. The van der Waals surface area contributed by atoms with E-state index in [2.05, 4.69) is 30.4 Å². The van der Waals surface area contributed by atoms with Crippen molar-refractivity contribution in [2.24, 2.45) is 0 Å². The number of rotatable bonds is 3. The predicted octanol–water partition coefficient (Wildman–Crippen LogP) is 2.55. The van der Waals surface area contributed by atoms with E-state index in [0.717, 1.165) is 18.9 Å². The molecule has 1 saturated heterocycles. The first-order chi connectivity index (χ1) is 7.31. The van der Waals surface area contributed by atoms with Gasteiger partial charge < -0.3 is 10.1 Å². The Morgan fingerprint density at radius 2 is 2.33 bits per heavy atom. The van der Waals surface area contributed by atoms with E-state index < -0.39 is 0 Å². The summed E-state index contributed by atoms with van der Waals surface area (Å²) in [7, 11) is 0. The first-order valence-electron chi connectivity index (χ1n) is 5.77. The van der Waals surface area contributed by atoms with Crippen molar-refractivity contribution < 1.29 is 4.74 Å². The Kier molecular flexibility index (Phi) is 3.27. The Morgan fingerprint density at radius 1 is 1.47 bits per heavy atom. The van der Waals surface area contributed by atoms with Crippen molar-refractivity contribution in [3.8, 4) is 5.75 Å². The zero-order valence-corrected chi connectivity index (χ0v) is 9.49. The van der Waals surface area contributed by atoms with Gasteiger partial charge in [-0.05, 0) is 44.5 Å². The van der Waals surface area contributed by atoms with E-state index in [1.807, 2.05) is 13.0 Å². The summed E-state index contributed by atoms with van der Waals surface area (Å²) in [5.74, 6) is 1.64. The Balaban J connectivity index is 2.16. The molecule has 0 aliphatic carbocycles. The molecule has 1 aromatic carbocycles. The van der Waals surface area contributed by atoms with Crippen LogP contribution in [0.1, 0.15) is 31.7 Å². The van der Waals surface area contributed by atoms with Crippen molar-refractivity contribution in [2.75, 3.05) is 13.2 Å². The highest BCUT2D eigenvalue weighted by Gasteiger charge is 2.24. The summed E-state index contributed by atoms with van der Waals surface area (Å²) in [6.07, 6.45) is 1.23. The van der Waals surface area contributed by atoms with E-state index in [0.29, 0.717) is 12.0 Å². The molecule has 2 rings (SSSR count).